The summed E-state index contributed by atoms with van der Waals surface area (Å²) in [6.45, 7) is 8.11. The van der Waals surface area contributed by atoms with E-state index in [1.54, 1.807) is 7.11 Å². The van der Waals surface area contributed by atoms with Crippen molar-refractivity contribution in [2.45, 2.75) is 20.4 Å². The second kappa shape index (κ2) is 8.23. The summed E-state index contributed by atoms with van der Waals surface area (Å²) in [4.78, 5) is 0. The van der Waals surface area contributed by atoms with Crippen LogP contribution in [0, 0.1) is 13.8 Å². The van der Waals surface area contributed by atoms with Crippen LogP contribution in [-0.2, 0) is 16.0 Å². The molecule has 1 N–H and O–H groups in total. The van der Waals surface area contributed by atoms with E-state index < -0.39 is 0 Å². The Kier molecular flexibility index (Phi) is 6.86. The van der Waals surface area contributed by atoms with E-state index in [4.69, 9.17) is 9.47 Å². The molecule has 3 heteroatoms. The summed E-state index contributed by atoms with van der Waals surface area (Å²) < 4.78 is 10.3. The first-order valence-electron chi connectivity index (χ1n) is 6.07. The van der Waals surface area contributed by atoms with Crippen molar-refractivity contribution >= 4 is 0 Å². The minimum absolute atomic E-state index is 0.664. The van der Waals surface area contributed by atoms with Crippen molar-refractivity contribution in [3.8, 4) is 0 Å². The van der Waals surface area contributed by atoms with E-state index in [1.165, 1.54) is 16.7 Å². The van der Waals surface area contributed by atoms with Crippen molar-refractivity contribution in [3.63, 3.8) is 0 Å². The lowest BCUT2D eigenvalue weighted by atomic mass is 10.1. The molecule has 0 saturated heterocycles. The van der Waals surface area contributed by atoms with Gasteiger partial charge in [-0.2, -0.15) is 0 Å². The Balaban J connectivity index is 2.14. The highest BCUT2D eigenvalue weighted by Crippen LogP contribution is 2.09. The largest absolute Gasteiger partial charge is 0.382 e. The minimum atomic E-state index is 0.664. The average Bonchev–Trinajstić information content (AvgIpc) is 2.30. The molecule has 0 unspecified atom stereocenters. The van der Waals surface area contributed by atoms with Crippen LogP contribution in [-0.4, -0.2) is 33.5 Å². The third-order valence-electron chi connectivity index (χ3n) is 2.67. The Hall–Kier alpha value is -0.900. The fourth-order valence-electron chi connectivity index (χ4n) is 1.66. The predicted octanol–water partition coefficient (Wildman–Crippen LogP) is 2.06. The number of hydrogen-bond donors (Lipinski definition) is 1. The first-order valence-corrected chi connectivity index (χ1v) is 6.07. The van der Waals surface area contributed by atoms with Gasteiger partial charge >= 0.3 is 0 Å². The zero-order valence-electron chi connectivity index (χ0n) is 11.1. The summed E-state index contributed by atoms with van der Waals surface area (Å²) in [6.07, 6.45) is 0. The van der Waals surface area contributed by atoms with Gasteiger partial charge in [0.15, 0.2) is 0 Å². The number of ether oxygens (including phenoxy) is 2. The minimum Gasteiger partial charge on any atom is -0.382 e. The van der Waals surface area contributed by atoms with Crippen LogP contribution < -0.4 is 5.32 Å². The maximum atomic E-state index is 5.37. The molecule has 0 atom stereocenters. The Labute approximate surface area is 104 Å². The molecule has 1 rings (SSSR count). The number of rotatable bonds is 8. The van der Waals surface area contributed by atoms with Crippen molar-refractivity contribution in [1.82, 2.24) is 5.32 Å². The molecule has 0 heterocycles. The van der Waals surface area contributed by atoms with Gasteiger partial charge < -0.3 is 14.8 Å². The molecule has 0 amide bonds. The second-order valence-electron chi connectivity index (χ2n) is 4.21. The standard InChI is InChI=1S/C14H23NO2/c1-12-4-5-14(13(2)10-12)11-15-6-7-17-9-8-16-3/h4-5,10,15H,6-9,11H2,1-3H3. The Morgan fingerprint density at radius 3 is 2.65 bits per heavy atom. The molecule has 0 fully saturated rings. The molecule has 0 aliphatic carbocycles. The first-order chi connectivity index (χ1) is 8.24. The van der Waals surface area contributed by atoms with Crippen molar-refractivity contribution in [2.75, 3.05) is 33.5 Å². The molecule has 0 aliphatic heterocycles. The highest BCUT2D eigenvalue weighted by atomic mass is 16.5. The zero-order chi connectivity index (χ0) is 12.5. The summed E-state index contributed by atoms with van der Waals surface area (Å²) in [5.41, 5.74) is 4.01. The average molecular weight is 237 g/mol. The molecule has 1 aromatic carbocycles. The summed E-state index contributed by atoms with van der Waals surface area (Å²) in [7, 11) is 1.68. The van der Waals surface area contributed by atoms with Crippen LogP contribution in [0.15, 0.2) is 18.2 Å². The van der Waals surface area contributed by atoms with Gasteiger partial charge in [-0.1, -0.05) is 23.8 Å². The molecule has 3 nitrogen and oxygen atoms in total. The Morgan fingerprint density at radius 2 is 1.94 bits per heavy atom. The van der Waals surface area contributed by atoms with Crippen LogP contribution >= 0.6 is 0 Å². The molecule has 1 aromatic rings. The fraction of sp³-hybridized carbons (Fsp3) is 0.571. The maximum absolute atomic E-state index is 5.37. The molecule has 0 saturated carbocycles. The van der Waals surface area contributed by atoms with Gasteiger partial charge in [-0.15, -0.1) is 0 Å². The Morgan fingerprint density at radius 1 is 1.12 bits per heavy atom. The van der Waals surface area contributed by atoms with Gasteiger partial charge in [0.2, 0.25) is 0 Å². The molecule has 0 aliphatic rings. The number of hydrogen-bond acceptors (Lipinski definition) is 3. The third-order valence-corrected chi connectivity index (χ3v) is 2.67. The number of methoxy groups -OCH3 is 1. The number of benzene rings is 1. The van der Waals surface area contributed by atoms with E-state index in [0.29, 0.717) is 13.2 Å². The lowest BCUT2D eigenvalue weighted by Crippen LogP contribution is -2.20. The van der Waals surface area contributed by atoms with Crippen LogP contribution in [0.3, 0.4) is 0 Å². The maximum Gasteiger partial charge on any atom is 0.0700 e. The monoisotopic (exact) mass is 237 g/mol. The topological polar surface area (TPSA) is 30.5 Å². The van der Waals surface area contributed by atoms with Gasteiger partial charge in [0.25, 0.3) is 0 Å². The second-order valence-corrected chi connectivity index (χ2v) is 4.21. The molecule has 0 bridgehead atoms. The fourth-order valence-corrected chi connectivity index (χ4v) is 1.66. The van der Waals surface area contributed by atoms with Crippen molar-refractivity contribution in [3.05, 3.63) is 34.9 Å². The number of aryl methyl sites for hydroxylation is 2. The van der Waals surface area contributed by atoms with Crippen LogP contribution in [0.4, 0.5) is 0 Å². The van der Waals surface area contributed by atoms with Gasteiger partial charge in [-0.3, -0.25) is 0 Å². The van der Waals surface area contributed by atoms with Crippen LogP contribution in [0.5, 0.6) is 0 Å². The molecule has 0 radical (unpaired) electrons. The van der Waals surface area contributed by atoms with Crippen LogP contribution in [0.1, 0.15) is 16.7 Å². The van der Waals surface area contributed by atoms with Gasteiger partial charge in [-0.05, 0) is 25.0 Å². The van der Waals surface area contributed by atoms with Crippen LogP contribution in [0.25, 0.3) is 0 Å². The smallest absolute Gasteiger partial charge is 0.0700 e. The summed E-state index contributed by atoms with van der Waals surface area (Å²) in [5, 5.41) is 3.37. The lowest BCUT2D eigenvalue weighted by Gasteiger charge is -2.09. The lowest BCUT2D eigenvalue weighted by molar-refractivity contribution is 0.0719. The van der Waals surface area contributed by atoms with Gasteiger partial charge in [0.05, 0.1) is 19.8 Å². The zero-order valence-corrected chi connectivity index (χ0v) is 11.1. The first kappa shape index (κ1) is 14.2. The normalized spacial score (nSPS) is 10.8. The molecular formula is C14H23NO2. The SMILES string of the molecule is COCCOCCNCc1ccc(C)cc1C. The molecule has 96 valence electrons. The molecule has 0 spiro atoms. The van der Waals surface area contributed by atoms with Gasteiger partial charge in [0, 0.05) is 20.2 Å². The third kappa shape index (κ3) is 5.82. The highest BCUT2D eigenvalue weighted by molar-refractivity contribution is 5.30. The quantitative estimate of drug-likeness (QED) is 0.702. The van der Waals surface area contributed by atoms with E-state index in [9.17, 15) is 0 Å². The summed E-state index contributed by atoms with van der Waals surface area (Å²) in [6, 6.07) is 6.55. The van der Waals surface area contributed by atoms with Gasteiger partial charge in [0.1, 0.15) is 0 Å². The molecular weight excluding hydrogens is 214 g/mol. The van der Waals surface area contributed by atoms with Gasteiger partial charge in [-0.25, -0.2) is 0 Å². The van der Waals surface area contributed by atoms with Crippen molar-refractivity contribution in [2.24, 2.45) is 0 Å². The summed E-state index contributed by atoms with van der Waals surface area (Å²) >= 11 is 0. The Bertz CT molecular complexity index is 326. The number of nitrogens with one attached hydrogen (secondary N) is 1. The van der Waals surface area contributed by atoms with Crippen LogP contribution in [0.2, 0.25) is 0 Å². The van der Waals surface area contributed by atoms with Crippen molar-refractivity contribution < 1.29 is 9.47 Å². The van der Waals surface area contributed by atoms with E-state index in [0.717, 1.165) is 19.7 Å². The van der Waals surface area contributed by atoms with E-state index in [2.05, 4.69) is 37.4 Å². The van der Waals surface area contributed by atoms with E-state index >= 15 is 0 Å². The molecule has 17 heavy (non-hydrogen) atoms. The molecule has 0 aromatic heterocycles. The van der Waals surface area contributed by atoms with E-state index in [-0.39, 0.29) is 0 Å². The van der Waals surface area contributed by atoms with Crippen molar-refractivity contribution in [1.29, 1.82) is 0 Å². The van der Waals surface area contributed by atoms with E-state index in [1.807, 2.05) is 0 Å². The predicted molar refractivity (Wildman–Crippen MR) is 70.3 cm³/mol. The summed E-state index contributed by atoms with van der Waals surface area (Å²) in [5.74, 6) is 0. The highest BCUT2D eigenvalue weighted by Gasteiger charge is 1.97.